The van der Waals surface area contributed by atoms with Crippen LogP contribution >= 0.6 is 0 Å². The Labute approximate surface area is 47.8 Å². The average molecular weight is 114 g/mol. The fraction of sp³-hybridized carbons (Fsp3) is 0.800. The van der Waals surface area contributed by atoms with Crippen LogP contribution in [0.2, 0.25) is 0 Å². The molecule has 0 aliphatic carbocycles. The molecule has 1 amide bonds. The lowest BCUT2D eigenvalue weighted by atomic mass is 10.2. The van der Waals surface area contributed by atoms with Crippen molar-refractivity contribution in [2.75, 3.05) is 6.61 Å². The molecule has 1 aliphatic heterocycles. The lowest BCUT2D eigenvalue weighted by Crippen LogP contribution is -2.19. The summed E-state index contributed by atoms with van der Waals surface area (Å²) in [6.45, 7) is 0.648. The van der Waals surface area contributed by atoms with Gasteiger partial charge in [-0.3, -0.25) is 10.5 Å². The molecule has 1 aliphatic rings. The predicted molar refractivity (Wildman–Crippen MR) is 27.1 cm³/mol. The number of hydrogen-bond donors (Lipinski definition) is 0. The smallest absolute Gasteiger partial charge is 0.267 e. The molecule has 45 valence electrons. The summed E-state index contributed by atoms with van der Waals surface area (Å²) in [4.78, 5) is 10.2. The SMILES string of the molecule is [NH]C(=O)[C@H]1CCCO1. The molecule has 0 unspecified atom stereocenters. The largest absolute Gasteiger partial charge is 0.368 e. The first-order chi connectivity index (χ1) is 3.80. The summed E-state index contributed by atoms with van der Waals surface area (Å²) in [6.07, 6.45) is 1.26. The molecule has 1 saturated heterocycles. The van der Waals surface area contributed by atoms with E-state index >= 15 is 0 Å². The van der Waals surface area contributed by atoms with Gasteiger partial charge < -0.3 is 4.74 Å². The van der Waals surface area contributed by atoms with Crippen molar-refractivity contribution in [2.24, 2.45) is 0 Å². The standard InChI is InChI=1S/C5H8NO2/c6-5(7)4-2-1-3-8-4/h4,6H,1-3H2/t4-/m1/s1. The molecule has 0 bridgehead atoms. The van der Waals surface area contributed by atoms with Crippen molar-refractivity contribution in [1.82, 2.24) is 5.73 Å². The number of amides is 1. The minimum absolute atomic E-state index is 0.407. The van der Waals surface area contributed by atoms with Gasteiger partial charge in [-0.05, 0) is 12.8 Å². The summed E-state index contributed by atoms with van der Waals surface area (Å²) in [7, 11) is 0. The molecule has 1 atom stereocenters. The Kier molecular flexibility index (Phi) is 1.48. The van der Waals surface area contributed by atoms with Gasteiger partial charge in [0.1, 0.15) is 6.10 Å². The highest BCUT2D eigenvalue weighted by atomic mass is 16.5. The van der Waals surface area contributed by atoms with E-state index in [4.69, 9.17) is 10.5 Å². The Hall–Kier alpha value is -0.570. The maximum atomic E-state index is 10.2. The topological polar surface area (TPSA) is 50.1 Å². The van der Waals surface area contributed by atoms with Crippen LogP contribution in [0.25, 0.3) is 0 Å². The fourth-order valence-corrected chi connectivity index (χ4v) is 0.784. The lowest BCUT2D eigenvalue weighted by Gasteiger charge is -1.99. The van der Waals surface area contributed by atoms with Crippen LogP contribution in [0.15, 0.2) is 0 Å². The Morgan fingerprint density at radius 1 is 1.75 bits per heavy atom. The summed E-state index contributed by atoms with van der Waals surface area (Å²) in [5.74, 6) is -0.581. The third-order valence-corrected chi connectivity index (χ3v) is 1.22. The second-order valence-electron chi connectivity index (χ2n) is 1.87. The van der Waals surface area contributed by atoms with E-state index in [9.17, 15) is 4.79 Å². The van der Waals surface area contributed by atoms with Crippen LogP contribution in [0.4, 0.5) is 0 Å². The molecule has 1 N–H and O–H groups in total. The minimum Gasteiger partial charge on any atom is -0.368 e. The van der Waals surface area contributed by atoms with Crippen LogP contribution in [-0.2, 0) is 9.53 Å². The van der Waals surface area contributed by atoms with Crippen LogP contribution in [0.5, 0.6) is 0 Å². The van der Waals surface area contributed by atoms with Gasteiger partial charge in [-0.15, -0.1) is 0 Å². The first-order valence-corrected chi connectivity index (χ1v) is 2.68. The van der Waals surface area contributed by atoms with Crippen LogP contribution < -0.4 is 5.73 Å². The molecular formula is C5H8NO2. The zero-order valence-corrected chi connectivity index (χ0v) is 4.52. The first kappa shape index (κ1) is 5.56. The molecule has 0 aromatic heterocycles. The third-order valence-electron chi connectivity index (χ3n) is 1.22. The van der Waals surface area contributed by atoms with Gasteiger partial charge in [0.15, 0.2) is 0 Å². The zero-order valence-electron chi connectivity index (χ0n) is 4.52. The van der Waals surface area contributed by atoms with E-state index in [1.54, 1.807) is 0 Å². The van der Waals surface area contributed by atoms with Gasteiger partial charge in [-0.2, -0.15) is 0 Å². The molecule has 1 radical (unpaired) electrons. The molecule has 1 fully saturated rings. The van der Waals surface area contributed by atoms with E-state index in [0.29, 0.717) is 6.61 Å². The molecule has 1 rings (SSSR count). The first-order valence-electron chi connectivity index (χ1n) is 2.68. The molecular weight excluding hydrogens is 106 g/mol. The molecule has 1 heterocycles. The van der Waals surface area contributed by atoms with E-state index in [1.807, 2.05) is 0 Å². The molecule has 0 saturated carbocycles. The summed E-state index contributed by atoms with van der Waals surface area (Å²) in [6, 6.07) is 0. The van der Waals surface area contributed by atoms with Crippen molar-refractivity contribution in [3.8, 4) is 0 Å². The van der Waals surface area contributed by atoms with Gasteiger partial charge in [0.05, 0.1) is 0 Å². The van der Waals surface area contributed by atoms with Crippen molar-refractivity contribution >= 4 is 5.91 Å². The van der Waals surface area contributed by atoms with Gasteiger partial charge in [-0.1, -0.05) is 0 Å². The molecule has 3 heteroatoms. The predicted octanol–water partition coefficient (Wildman–Crippen LogP) is -0.0251. The Morgan fingerprint density at radius 3 is 2.75 bits per heavy atom. The number of ether oxygens (including phenoxy) is 1. The Balaban J connectivity index is 2.35. The number of carbonyl (C=O) groups excluding carboxylic acids is 1. The van der Waals surface area contributed by atoms with Crippen molar-refractivity contribution < 1.29 is 9.53 Å². The van der Waals surface area contributed by atoms with Gasteiger partial charge in [0.25, 0.3) is 5.91 Å². The number of carbonyl (C=O) groups is 1. The van der Waals surface area contributed by atoms with E-state index in [2.05, 4.69) is 0 Å². The zero-order chi connectivity index (χ0) is 5.98. The van der Waals surface area contributed by atoms with E-state index < -0.39 is 12.0 Å². The summed E-state index contributed by atoms with van der Waals surface area (Å²) < 4.78 is 4.88. The van der Waals surface area contributed by atoms with E-state index in [0.717, 1.165) is 12.8 Å². The molecule has 3 nitrogen and oxygen atoms in total. The van der Waals surface area contributed by atoms with Crippen LogP contribution in [0.1, 0.15) is 12.8 Å². The third kappa shape index (κ3) is 0.980. The Morgan fingerprint density at radius 2 is 2.50 bits per heavy atom. The summed E-state index contributed by atoms with van der Waals surface area (Å²) in [5, 5.41) is 0. The normalized spacial score (nSPS) is 28.2. The van der Waals surface area contributed by atoms with Crippen LogP contribution in [-0.4, -0.2) is 18.6 Å². The van der Waals surface area contributed by atoms with E-state index in [-0.39, 0.29) is 0 Å². The highest BCUT2D eigenvalue weighted by Gasteiger charge is 2.20. The fourth-order valence-electron chi connectivity index (χ4n) is 0.784. The van der Waals surface area contributed by atoms with Gasteiger partial charge in [-0.25, -0.2) is 0 Å². The summed E-state index contributed by atoms with van der Waals surface area (Å²) in [5.41, 5.74) is 6.61. The minimum atomic E-state index is -0.581. The molecule has 0 aromatic carbocycles. The van der Waals surface area contributed by atoms with Gasteiger partial charge in [0, 0.05) is 6.61 Å². The monoisotopic (exact) mass is 114 g/mol. The Bertz CT molecular complexity index is 96.6. The molecule has 0 spiro atoms. The lowest BCUT2D eigenvalue weighted by molar-refractivity contribution is -0.127. The molecule has 8 heavy (non-hydrogen) atoms. The van der Waals surface area contributed by atoms with Crippen LogP contribution in [0, 0.1) is 0 Å². The number of rotatable bonds is 1. The van der Waals surface area contributed by atoms with Crippen molar-refractivity contribution in [2.45, 2.75) is 18.9 Å². The van der Waals surface area contributed by atoms with Gasteiger partial charge in [0.2, 0.25) is 0 Å². The quantitative estimate of drug-likeness (QED) is 0.480. The molecule has 0 aromatic rings. The maximum Gasteiger partial charge on any atom is 0.267 e. The van der Waals surface area contributed by atoms with Crippen LogP contribution in [0.3, 0.4) is 0 Å². The maximum absolute atomic E-state index is 10.2. The number of hydrogen-bond acceptors (Lipinski definition) is 2. The second-order valence-corrected chi connectivity index (χ2v) is 1.87. The van der Waals surface area contributed by atoms with E-state index in [1.165, 1.54) is 0 Å². The highest BCUT2D eigenvalue weighted by molar-refractivity contribution is 5.78. The number of nitrogens with one attached hydrogen (secondary N) is 1. The van der Waals surface area contributed by atoms with Gasteiger partial charge >= 0.3 is 0 Å². The van der Waals surface area contributed by atoms with Crippen molar-refractivity contribution in [1.29, 1.82) is 0 Å². The van der Waals surface area contributed by atoms with Crippen molar-refractivity contribution in [3.63, 3.8) is 0 Å². The van der Waals surface area contributed by atoms with Crippen molar-refractivity contribution in [3.05, 3.63) is 0 Å². The second kappa shape index (κ2) is 2.13. The summed E-state index contributed by atoms with van der Waals surface area (Å²) >= 11 is 0. The average Bonchev–Trinajstić information content (AvgIpc) is 2.12. The highest BCUT2D eigenvalue weighted by Crippen LogP contribution is 2.10.